The first kappa shape index (κ1) is 9.12. The fraction of sp³-hybridized carbons (Fsp3) is 0.500. The summed E-state index contributed by atoms with van der Waals surface area (Å²) in [5, 5.41) is 8.94. The molecule has 2 rings (SSSR count). The predicted molar refractivity (Wildman–Crippen MR) is 50.3 cm³/mol. The van der Waals surface area contributed by atoms with Gasteiger partial charge < -0.3 is 5.11 Å². The standard InChI is InChI=1S/C10H12N2O2/c13-10(14)9-7-4-2-1-3-5-8(7)11-6-12-9/h6H,1-5H2,(H,13,14). The molecule has 1 aliphatic carbocycles. The van der Waals surface area contributed by atoms with Gasteiger partial charge in [-0.25, -0.2) is 14.8 Å². The summed E-state index contributed by atoms with van der Waals surface area (Å²) in [5.41, 5.74) is 1.96. The molecule has 1 heterocycles. The summed E-state index contributed by atoms with van der Waals surface area (Å²) in [5.74, 6) is -0.939. The highest BCUT2D eigenvalue weighted by Crippen LogP contribution is 2.20. The predicted octanol–water partition coefficient (Wildman–Crippen LogP) is 1.44. The largest absolute Gasteiger partial charge is 0.477 e. The van der Waals surface area contributed by atoms with Crippen LogP contribution in [0, 0.1) is 0 Å². The van der Waals surface area contributed by atoms with Gasteiger partial charge in [0, 0.05) is 11.3 Å². The second-order valence-corrected chi connectivity index (χ2v) is 3.51. The second kappa shape index (κ2) is 3.74. The van der Waals surface area contributed by atoms with Gasteiger partial charge in [-0.2, -0.15) is 0 Å². The van der Waals surface area contributed by atoms with Gasteiger partial charge in [-0.15, -0.1) is 0 Å². The molecule has 1 aromatic heterocycles. The maximum absolute atomic E-state index is 10.9. The smallest absolute Gasteiger partial charge is 0.354 e. The van der Waals surface area contributed by atoms with Gasteiger partial charge in [-0.1, -0.05) is 6.42 Å². The number of aromatic nitrogens is 2. The number of carboxylic acids is 1. The van der Waals surface area contributed by atoms with Crippen molar-refractivity contribution >= 4 is 5.97 Å². The first-order valence-electron chi connectivity index (χ1n) is 4.85. The molecular formula is C10H12N2O2. The summed E-state index contributed by atoms with van der Waals surface area (Å²) in [6.07, 6.45) is 6.34. The van der Waals surface area contributed by atoms with Gasteiger partial charge in [0.15, 0.2) is 5.69 Å². The summed E-state index contributed by atoms with van der Waals surface area (Å²) in [7, 11) is 0. The average molecular weight is 192 g/mol. The topological polar surface area (TPSA) is 63.1 Å². The number of carbonyl (C=O) groups is 1. The van der Waals surface area contributed by atoms with Crippen molar-refractivity contribution in [3.63, 3.8) is 0 Å². The summed E-state index contributed by atoms with van der Waals surface area (Å²) in [6, 6.07) is 0. The van der Waals surface area contributed by atoms with Crippen LogP contribution in [0.2, 0.25) is 0 Å². The van der Waals surface area contributed by atoms with Crippen molar-refractivity contribution in [2.75, 3.05) is 0 Å². The molecule has 74 valence electrons. The minimum Gasteiger partial charge on any atom is -0.477 e. The second-order valence-electron chi connectivity index (χ2n) is 3.51. The van der Waals surface area contributed by atoms with Crippen molar-refractivity contribution in [3.05, 3.63) is 23.3 Å². The Morgan fingerprint density at radius 1 is 1.21 bits per heavy atom. The molecule has 1 aromatic rings. The molecule has 1 N–H and O–H groups in total. The monoisotopic (exact) mass is 192 g/mol. The highest BCUT2D eigenvalue weighted by atomic mass is 16.4. The van der Waals surface area contributed by atoms with Gasteiger partial charge in [0.2, 0.25) is 0 Å². The van der Waals surface area contributed by atoms with Gasteiger partial charge in [-0.05, 0) is 25.7 Å². The Kier molecular flexibility index (Phi) is 2.43. The Labute approximate surface area is 82.0 Å². The fourth-order valence-corrected chi connectivity index (χ4v) is 1.88. The van der Waals surface area contributed by atoms with E-state index in [1.54, 1.807) is 0 Å². The van der Waals surface area contributed by atoms with E-state index in [-0.39, 0.29) is 5.69 Å². The number of rotatable bonds is 1. The number of aromatic carboxylic acids is 1. The van der Waals surface area contributed by atoms with Crippen LogP contribution >= 0.6 is 0 Å². The molecular weight excluding hydrogens is 180 g/mol. The molecule has 14 heavy (non-hydrogen) atoms. The zero-order valence-electron chi connectivity index (χ0n) is 7.86. The van der Waals surface area contributed by atoms with Crippen LogP contribution in [0.5, 0.6) is 0 Å². The number of hydrogen-bond acceptors (Lipinski definition) is 3. The van der Waals surface area contributed by atoms with Crippen LogP contribution in [0.25, 0.3) is 0 Å². The van der Waals surface area contributed by atoms with Crippen LogP contribution in [0.1, 0.15) is 41.0 Å². The molecule has 0 saturated carbocycles. The lowest BCUT2D eigenvalue weighted by molar-refractivity contribution is 0.0688. The third-order valence-electron chi connectivity index (χ3n) is 2.58. The SMILES string of the molecule is O=C(O)c1ncnc2c1CCCCC2. The van der Waals surface area contributed by atoms with Crippen molar-refractivity contribution in [2.45, 2.75) is 32.1 Å². The van der Waals surface area contributed by atoms with Crippen LogP contribution in [-0.2, 0) is 12.8 Å². The van der Waals surface area contributed by atoms with Crippen molar-refractivity contribution in [3.8, 4) is 0 Å². The van der Waals surface area contributed by atoms with E-state index in [0.717, 1.165) is 43.4 Å². The maximum atomic E-state index is 10.9. The molecule has 0 aromatic carbocycles. The van der Waals surface area contributed by atoms with Crippen LogP contribution < -0.4 is 0 Å². The lowest BCUT2D eigenvalue weighted by atomic mass is 10.1. The van der Waals surface area contributed by atoms with E-state index in [9.17, 15) is 4.79 Å². The lowest BCUT2D eigenvalue weighted by Gasteiger charge is -2.05. The Hall–Kier alpha value is -1.45. The van der Waals surface area contributed by atoms with E-state index in [0.29, 0.717) is 0 Å². The van der Waals surface area contributed by atoms with E-state index in [1.807, 2.05) is 0 Å². The number of fused-ring (bicyclic) bond motifs is 1. The van der Waals surface area contributed by atoms with Crippen LogP contribution in [-0.4, -0.2) is 21.0 Å². The minimum atomic E-state index is -0.939. The van der Waals surface area contributed by atoms with Crippen molar-refractivity contribution in [2.24, 2.45) is 0 Å². The van der Waals surface area contributed by atoms with E-state index >= 15 is 0 Å². The Morgan fingerprint density at radius 3 is 2.79 bits per heavy atom. The molecule has 1 aliphatic rings. The molecule has 0 bridgehead atoms. The van der Waals surface area contributed by atoms with Crippen LogP contribution in [0.3, 0.4) is 0 Å². The van der Waals surface area contributed by atoms with Gasteiger partial charge in [0.05, 0.1) is 0 Å². The Balaban J connectivity index is 2.47. The summed E-state index contributed by atoms with van der Waals surface area (Å²) in [6.45, 7) is 0. The molecule has 0 spiro atoms. The Bertz CT molecular complexity index is 363. The minimum absolute atomic E-state index is 0.192. The summed E-state index contributed by atoms with van der Waals surface area (Å²) < 4.78 is 0. The number of hydrogen-bond donors (Lipinski definition) is 1. The number of nitrogens with zero attached hydrogens (tertiary/aromatic N) is 2. The Morgan fingerprint density at radius 2 is 2.00 bits per heavy atom. The first-order valence-corrected chi connectivity index (χ1v) is 4.85. The summed E-state index contributed by atoms with van der Waals surface area (Å²) in [4.78, 5) is 18.9. The van der Waals surface area contributed by atoms with Crippen LogP contribution in [0.4, 0.5) is 0 Å². The molecule has 0 atom stereocenters. The average Bonchev–Trinajstić information content (AvgIpc) is 2.41. The molecule has 4 heteroatoms. The van der Waals surface area contributed by atoms with Gasteiger partial charge >= 0.3 is 5.97 Å². The number of carboxylic acid groups (broad SMARTS) is 1. The highest BCUT2D eigenvalue weighted by molar-refractivity contribution is 5.87. The quantitative estimate of drug-likeness (QED) is 0.684. The molecule has 0 aliphatic heterocycles. The van der Waals surface area contributed by atoms with Gasteiger partial charge in [0.1, 0.15) is 6.33 Å². The molecule has 0 unspecified atom stereocenters. The van der Waals surface area contributed by atoms with E-state index in [4.69, 9.17) is 5.11 Å². The van der Waals surface area contributed by atoms with Crippen LogP contribution in [0.15, 0.2) is 6.33 Å². The third kappa shape index (κ3) is 1.60. The maximum Gasteiger partial charge on any atom is 0.354 e. The van der Waals surface area contributed by atoms with E-state index in [2.05, 4.69) is 9.97 Å². The zero-order chi connectivity index (χ0) is 9.97. The molecule has 0 amide bonds. The van der Waals surface area contributed by atoms with E-state index in [1.165, 1.54) is 6.33 Å². The highest BCUT2D eigenvalue weighted by Gasteiger charge is 2.18. The van der Waals surface area contributed by atoms with Gasteiger partial charge in [0.25, 0.3) is 0 Å². The normalized spacial score (nSPS) is 15.7. The van der Waals surface area contributed by atoms with E-state index < -0.39 is 5.97 Å². The lowest BCUT2D eigenvalue weighted by Crippen LogP contribution is -2.09. The number of aryl methyl sites for hydroxylation is 1. The van der Waals surface area contributed by atoms with Crippen molar-refractivity contribution < 1.29 is 9.90 Å². The molecule has 0 radical (unpaired) electrons. The third-order valence-corrected chi connectivity index (χ3v) is 2.58. The first-order chi connectivity index (χ1) is 6.79. The molecule has 0 saturated heterocycles. The molecule has 0 fully saturated rings. The molecule has 4 nitrogen and oxygen atoms in total. The van der Waals surface area contributed by atoms with Crippen molar-refractivity contribution in [1.29, 1.82) is 0 Å². The summed E-state index contributed by atoms with van der Waals surface area (Å²) >= 11 is 0. The zero-order valence-corrected chi connectivity index (χ0v) is 7.86. The van der Waals surface area contributed by atoms with Gasteiger partial charge in [-0.3, -0.25) is 0 Å². The fourth-order valence-electron chi connectivity index (χ4n) is 1.88. The van der Waals surface area contributed by atoms with Crippen molar-refractivity contribution in [1.82, 2.24) is 9.97 Å².